The van der Waals surface area contributed by atoms with Gasteiger partial charge in [-0.3, -0.25) is 0 Å². The molecule has 0 saturated heterocycles. The molecule has 0 aromatic heterocycles. The van der Waals surface area contributed by atoms with Gasteiger partial charge in [-0.15, -0.1) is 11.6 Å². The van der Waals surface area contributed by atoms with E-state index in [1.54, 1.807) is 0 Å². The minimum Gasteiger partial charge on any atom is -0.306 e. The average molecular weight is 176 g/mol. The van der Waals surface area contributed by atoms with Gasteiger partial charge < -0.3 is 4.90 Å². The van der Waals surface area contributed by atoms with E-state index in [0.717, 1.165) is 24.3 Å². The molecule has 1 aliphatic rings. The Kier molecular flexibility index (Phi) is 3.67. The molecule has 0 aromatic rings. The highest BCUT2D eigenvalue weighted by atomic mass is 35.5. The minimum absolute atomic E-state index is 0.737. The second-order valence-electron chi connectivity index (χ2n) is 3.70. The molecule has 11 heavy (non-hydrogen) atoms. The van der Waals surface area contributed by atoms with Crippen LogP contribution in [0.5, 0.6) is 0 Å². The number of halogens is 1. The summed E-state index contributed by atoms with van der Waals surface area (Å²) in [6, 6.07) is 0.737. The maximum absolute atomic E-state index is 5.74. The topological polar surface area (TPSA) is 3.24 Å². The first kappa shape index (κ1) is 9.34. The largest absolute Gasteiger partial charge is 0.306 e. The van der Waals surface area contributed by atoms with Crippen molar-refractivity contribution < 1.29 is 0 Å². The Bertz CT molecular complexity index is 110. The standard InChI is InChI=1S/C9H18ClN/c1-11(2)9(6-7-10)8-4-3-5-8/h8-9H,3-7H2,1-2H3. The summed E-state index contributed by atoms with van der Waals surface area (Å²) >= 11 is 5.74. The van der Waals surface area contributed by atoms with Crippen LogP contribution in [0.15, 0.2) is 0 Å². The fourth-order valence-electron chi connectivity index (χ4n) is 1.85. The van der Waals surface area contributed by atoms with E-state index in [-0.39, 0.29) is 0 Å². The lowest BCUT2D eigenvalue weighted by molar-refractivity contribution is 0.138. The molecule has 0 spiro atoms. The summed E-state index contributed by atoms with van der Waals surface area (Å²) < 4.78 is 0. The lowest BCUT2D eigenvalue weighted by Gasteiger charge is -2.37. The Labute approximate surface area is 74.7 Å². The molecule has 0 radical (unpaired) electrons. The third-order valence-corrected chi connectivity index (χ3v) is 2.98. The summed E-state index contributed by atoms with van der Waals surface area (Å²) in [5, 5.41) is 0. The third kappa shape index (κ3) is 2.34. The molecule has 1 nitrogen and oxygen atoms in total. The summed E-state index contributed by atoms with van der Waals surface area (Å²) in [5.74, 6) is 1.74. The molecule has 1 saturated carbocycles. The molecule has 66 valence electrons. The number of hydrogen-bond donors (Lipinski definition) is 0. The maximum atomic E-state index is 5.74. The van der Waals surface area contributed by atoms with Crippen LogP contribution in [0.4, 0.5) is 0 Å². The minimum atomic E-state index is 0.737. The molecule has 0 heterocycles. The zero-order valence-electron chi connectivity index (χ0n) is 7.52. The Balaban J connectivity index is 2.31. The van der Waals surface area contributed by atoms with Crippen LogP contribution in [-0.4, -0.2) is 30.9 Å². The first-order valence-corrected chi connectivity index (χ1v) is 5.01. The fourth-order valence-corrected chi connectivity index (χ4v) is 2.08. The number of rotatable bonds is 4. The molecule has 0 N–H and O–H groups in total. The molecule has 1 aliphatic carbocycles. The Morgan fingerprint density at radius 2 is 2.09 bits per heavy atom. The first-order chi connectivity index (χ1) is 5.25. The van der Waals surface area contributed by atoms with Crippen LogP contribution in [0.3, 0.4) is 0 Å². The van der Waals surface area contributed by atoms with Crippen molar-refractivity contribution in [2.75, 3.05) is 20.0 Å². The van der Waals surface area contributed by atoms with Crippen molar-refractivity contribution in [2.24, 2.45) is 5.92 Å². The highest BCUT2D eigenvalue weighted by Crippen LogP contribution is 2.32. The van der Waals surface area contributed by atoms with E-state index < -0.39 is 0 Å². The molecule has 2 heteroatoms. The summed E-state index contributed by atoms with van der Waals surface area (Å²) in [7, 11) is 4.32. The van der Waals surface area contributed by atoms with Gasteiger partial charge >= 0.3 is 0 Å². The quantitative estimate of drug-likeness (QED) is 0.593. The molecule has 0 amide bonds. The first-order valence-electron chi connectivity index (χ1n) is 4.48. The zero-order chi connectivity index (χ0) is 8.27. The van der Waals surface area contributed by atoms with Crippen LogP contribution in [-0.2, 0) is 0 Å². The third-order valence-electron chi connectivity index (χ3n) is 2.76. The van der Waals surface area contributed by atoms with Gasteiger partial charge in [-0.25, -0.2) is 0 Å². The van der Waals surface area contributed by atoms with E-state index in [9.17, 15) is 0 Å². The SMILES string of the molecule is CN(C)C(CCCl)C1CCC1. The molecule has 1 rings (SSSR count). The highest BCUT2D eigenvalue weighted by molar-refractivity contribution is 6.17. The van der Waals surface area contributed by atoms with Crippen molar-refractivity contribution in [2.45, 2.75) is 31.7 Å². The van der Waals surface area contributed by atoms with Crippen LogP contribution >= 0.6 is 11.6 Å². The summed E-state index contributed by atoms with van der Waals surface area (Å²) in [4.78, 5) is 2.33. The van der Waals surface area contributed by atoms with Crippen LogP contribution in [0.1, 0.15) is 25.7 Å². The fraction of sp³-hybridized carbons (Fsp3) is 1.00. The Morgan fingerprint density at radius 1 is 1.45 bits per heavy atom. The lowest BCUT2D eigenvalue weighted by Crippen LogP contribution is -2.38. The molecule has 0 aliphatic heterocycles. The van der Waals surface area contributed by atoms with Crippen LogP contribution in [0.25, 0.3) is 0 Å². The monoisotopic (exact) mass is 175 g/mol. The predicted molar refractivity (Wildman–Crippen MR) is 50.2 cm³/mol. The molecular formula is C9H18ClN. The van der Waals surface area contributed by atoms with Crippen molar-refractivity contribution >= 4 is 11.6 Å². The van der Waals surface area contributed by atoms with E-state index in [0.29, 0.717) is 0 Å². The van der Waals surface area contributed by atoms with Gasteiger partial charge in [0.25, 0.3) is 0 Å². The summed E-state index contributed by atoms with van der Waals surface area (Å²) in [6.07, 6.45) is 5.41. The van der Waals surface area contributed by atoms with Crippen molar-refractivity contribution in [3.63, 3.8) is 0 Å². The van der Waals surface area contributed by atoms with E-state index in [2.05, 4.69) is 19.0 Å². The van der Waals surface area contributed by atoms with Crippen molar-refractivity contribution in [1.29, 1.82) is 0 Å². The second kappa shape index (κ2) is 4.32. The molecule has 0 aromatic carbocycles. The zero-order valence-corrected chi connectivity index (χ0v) is 8.27. The normalized spacial score (nSPS) is 21.8. The van der Waals surface area contributed by atoms with Gasteiger partial charge in [0.05, 0.1) is 0 Å². The Morgan fingerprint density at radius 3 is 2.36 bits per heavy atom. The molecular weight excluding hydrogens is 158 g/mol. The molecule has 1 unspecified atom stereocenters. The average Bonchev–Trinajstić information content (AvgIpc) is 1.82. The van der Waals surface area contributed by atoms with Crippen molar-refractivity contribution in [1.82, 2.24) is 4.90 Å². The number of alkyl halides is 1. The smallest absolute Gasteiger partial charge is 0.0238 e. The van der Waals surface area contributed by atoms with E-state index in [1.165, 1.54) is 19.3 Å². The van der Waals surface area contributed by atoms with Crippen LogP contribution in [0, 0.1) is 5.92 Å². The molecule has 0 bridgehead atoms. The molecule has 1 fully saturated rings. The summed E-state index contributed by atoms with van der Waals surface area (Å²) in [6.45, 7) is 0. The van der Waals surface area contributed by atoms with Gasteiger partial charge in [0.1, 0.15) is 0 Å². The number of nitrogens with zero attached hydrogens (tertiary/aromatic N) is 1. The van der Waals surface area contributed by atoms with Gasteiger partial charge in [-0.05, 0) is 39.3 Å². The van der Waals surface area contributed by atoms with Gasteiger partial charge in [-0.1, -0.05) is 6.42 Å². The van der Waals surface area contributed by atoms with Gasteiger partial charge in [0.2, 0.25) is 0 Å². The summed E-state index contributed by atoms with van der Waals surface area (Å²) in [5.41, 5.74) is 0. The van der Waals surface area contributed by atoms with E-state index >= 15 is 0 Å². The second-order valence-corrected chi connectivity index (χ2v) is 4.08. The molecule has 1 atom stereocenters. The van der Waals surface area contributed by atoms with Gasteiger partial charge in [-0.2, -0.15) is 0 Å². The lowest BCUT2D eigenvalue weighted by atomic mass is 9.78. The van der Waals surface area contributed by atoms with E-state index in [1.807, 2.05) is 0 Å². The number of hydrogen-bond acceptors (Lipinski definition) is 1. The van der Waals surface area contributed by atoms with Crippen molar-refractivity contribution in [3.05, 3.63) is 0 Å². The predicted octanol–water partition coefficient (Wildman–Crippen LogP) is 2.35. The highest BCUT2D eigenvalue weighted by Gasteiger charge is 2.27. The van der Waals surface area contributed by atoms with Crippen LogP contribution in [0.2, 0.25) is 0 Å². The maximum Gasteiger partial charge on any atom is 0.0238 e. The van der Waals surface area contributed by atoms with Crippen LogP contribution < -0.4 is 0 Å². The van der Waals surface area contributed by atoms with E-state index in [4.69, 9.17) is 11.6 Å². The van der Waals surface area contributed by atoms with Gasteiger partial charge in [0, 0.05) is 11.9 Å². The Hall–Kier alpha value is 0.250. The van der Waals surface area contributed by atoms with Gasteiger partial charge in [0.15, 0.2) is 0 Å². The van der Waals surface area contributed by atoms with Crippen molar-refractivity contribution in [3.8, 4) is 0 Å².